The number of likely N-dealkylation sites (tertiary alicyclic amines) is 2. The highest BCUT2D eigenvalue weighted by Gasteiger charge is 2.43. The molecule has 0 radical (unpaired) electrons. The highest BCUT2D eigenvalue weighted by atomic mass is 16.2. The van der Waals surface area contributed by atoms with E-state index in [4.69, 9.17) is 0 Å². The van der Waals surface area contributed by atoms with E-state index in [2.05, 4.69) is 26.1 Å². The van der Waals surface area contributed by atoms with Crippen LogP contribution >= 0.6 is 0 Å². The number of nitrogens with one attached hydrogen (secondary N) is 1. The third-order valence-corrected chi connectivity index (χ3v) is 5.33. The molecule has 6 heteroatoms. The average molecular weight is 357 g/mol. The SMILES string of the molecule is CNC(=O)C1CC(=O)N(C2CN(C(=O)c3ccccc3C(C)(C)C)C2)C1. The van der Waals surface area contributed by atoms with Crippen molar-refractivity contribution in [3.8, 4) is 0 Å². The van der Waals surface area contributed by atoms with Crippen LogP contribution in [-0.2, 0) is 15.0 Å². The van der Waals surface area contributed by atoms with E-state index in [9.17, 15) is 14.4 Å². The van der Waals surface area contributed by atoms with Gasteiger partial charge in [-0.15, -0.1) is 0 Å². The van der Waals surface area contributed by atoms with E-state index in [0.717, 1.165) is 11.1 Å². The lowest BCUT2D eigenvalue weighted by molar-refractivity contribution is -0.132. The van der Waals surface area contributed by atoms with Crippen molar-refractivity contribution in [2.24, 2.45) is 5.92 Å². The molecular weight excluding hydrogens is 330 g/mol. The summed E-state index contributed by atoms with van der Waals surface area (Å²) in [4.78, 5) is 40.4. The molecule has 2 aliphatic rings. The topological polar surface area (TPSA) is 69.7 Å². The maximum absolute atomic E-state index is 12.9. The Hall–Kier alpha value is -2.37. The van der Waals surface area contributed by atoms with Gasteiger partial charge in [0, 0.05) is 38.7 Å². The number of hydrogen-bond donors (Lipinski definition) is 1. The van der Waals surface area contributed by atoms with E-state index in [-0.39, 0.29) is 41.5 Å². The molecule has 2 heterocycles. The van der Waals surface area contributed by atoms with Gasteiger partial charge in [-0.05, 0) is 17.0 Å². The van der Waals surface area contributed by atoms with Gasteiger partial charge in [0.05, 0.1) is 12.0 Å². The number of hydrogen-bond acceptors (Lipinski definition) is 3. The van der Waals surface area contributed by atoms with Crippen LogP contribution in [-0.4, -0.2) is 60.2 Å². The van der Waals surface area contributed by atoms with Gasteiger partial charge in [-0.2, -0.15) is 0 Å². The first-order valence-corrected chi connectivity index (χ1v) is 9.12. The zero-order valence-electron chi connectivity index (χ0n) is 15.9. The first-order chi connectivity index (χ1) is 12.2. The summed E-state index contributed by atoms with van der Waals surface area (Å²) in [5.74, 6) is -0.349. The van der Waals surface area contributed by atoms with Crippen molar-refractivity contribution in [3.63, 3.8) is 0 Å². The maximum Gasteiger partial charge on any atom is 0.254 e. The van der Waals surface area contributed by atoms with Crippen LogP contribution in [0.25, 0.3) is 0 Å². The number of amides is 3. The maximum atomic E-state index is 12.9. The second-order valence-corrected chi connectivity index (χ2v) is 8.22. The number of carbonyl (C=O) groups excluding carboxylic acids is 3. The molecule has 1 atom stereocenters. The predicted octanol–water partition coefficient (Wildman–Crippen LogP) is 1.40. The first kappa shape index (κ1) is 18.4. The predicted molar refractivity (Wildman–Crippen MR) is 98.7 cm³/mol. The summed E-state index contributed by atoms with van der Waals surface area (Å²) in [6, 6.07) is 7.74. The Bertz CT molecular complexity index is 732. The molecule has 3 rings (SSSR count). The van der Waals surface area contributed by atoms with E-state index >= 15 is 0 Å². The van der Waals surface area contributed by atoms with Crippen LogP contribution < -0.4 is 5.32 Å². The molecule has 1 aromatic carbocycles. The highest BCUT2D eigenvalue weighted by molar-refractivity contribution is 5.97. The molecule has 0 aliphatic carbocycles. The molecular formula is C20H27N3O3. The van der Waals surface area contributed by atoms with Crippen molar-refractivity contribution in [1.82, 2.24) is 15.1 Å². The Morgan fingerprint density at radius 3 is 2.38 bits per heavy atom. The van der Waals surface area contributed by atoms with Crippen molar-refractivity contribution in [1.29, 1.82) is 0 Å². The first-order valence-electron chi connectivity index (χ1n) is 9.12. The Kier molecular flexibility index (Phi) is 4.78. The molecule has 140 valence electrons. The molecule has 1 unspecified atom stereocenters. The van der Waals surface area contributed by atoms with E-state index in [0.29, 0.717) is 19.6 Å². The standard InChI is InChI=1S/C20H27N3O3/c1-20(2,3)16-8-6-5-7-15(16)19(26)22-11-14(12-22)23-10-13(9-17(23)24)18(25)21-4/h5-8,13-14H,9-12H2,1-4H3,(H,21,25). The molecule has 0 spiro atoms. The number of rotatable bonds is 3. The molecule has 0 aromatic heterocycles. The van der Waals surface area contributed by atoms with Gasteiger partial charge in [-0.25, -0.2) is 0 Å². The smallest absolute Gasteiger partial charge is 0.254 e. The molecule has 6 nitrogen and oxygen atoms in total. The lowest BCUT2D eigenvalue weighted by atomic mass is 9.83. The monoisotopic (exact) mass is 357 g/mol. The van der Waals surface area contributed by atoms with Crippen LogP contribution in [0.1, 0.15) is 43.1 Å². The fourth-order valence-electron chi connectivity index (χ4n) is 3.78. The summed E-state index contributed by atoms with van der Waals surface area (Å²) < 4.78 is 0. The van der Waals surface area contributed by atoms with Gasteiger partial charge in [0.15, 0.2) is 0 Å². The van der Waals surface area contributed by atoms with Crippen LogP contribution in [0.4, 0.5) is 0 Å². The van der Waals surface area contributed by atoms with Gasteiger partial charge < -0.3 is 15.1 Å². The summed E-state index contributed by atoms with van der Waals surface area (Å²) >= 11 is 0. The largest absolute Gasteiger partial charge is 0.359 e. The number of nitrogens with zero attached hydrogens (tertiary/aromatic N) is 2. The molecule has 2 saturated heterocycles. The zero-order valence-corrected chi connectivity index (χ0v) is 15.9. The van der Waals surface area contributed by atoms with E-state index in [1.807, 2.05) is 24.3 Å². The lowest BCUT2D eigenvalue weighted by Gasteiger charge is -2.44. The molecule has 2 fully saturated rings. The lowest BCUT2D eigenvalue weighted by Crippen LogP contribution is -2.61. The number of carbonyl (C=O) groups is 3. The summed E-state index contributed by atoms with van der Waals surface area (Å²) in [5, 5.41) is 2.61. The van der Waals surface area contributed by atoms with Gasteiger partial charge in [0.1, 0.15) is 0 Å². The normalized spacial score (nSPS) is 20.9. The van der Waals surface area contributed by atoms with Crippen molar-refractivity contribution in [2.75, 3.05) is 26.7 Å². The Morgan fingerprint density at radius 2 is 1.77 bits per heavy atom. The van der Waals surface area contributed by atoms with E-state index in [1.54, 1.807) is 16.8 Å². The van der Waals surface area contributed by atoms with Crippen LogP contribution in [0.15, 0.2) is 24.3 Å². The fourth-order valence-corrected chi connectivity index (χ4v) is 3.78. The van der Waals surface area contributed by atoms with Gasteiger partial charge >= 0.3 is 0 Å². The molecule has 0 saturated carbocycles. The Balaban J connectivity index is 1.65. The average Bonchev–Trinajstić information content (AvgIpc) is 2.93. The van der Waals surface area contributed by atoms with E-state index in [1.165, 1.54) is 0 Å². The minimum atomic E-state index is -0.279. The second-order valence-electron chi connectivity index (χ2n) is 8.22. The third kappa shape index (κ3) is 3.32. The summed E-state index contributed by atoms with van der Waals surface area (Å²) in [5.41, 5.74) is 1.65. The summed E-state index contributed by atoms with van der Waals surface area (Å²) in [7, 11) is 1.59. The highest BCUT2D eigenvalue weighted by Crippen LogP contribution is 2.30. The number of benzene rings is 1. The zero-order chi connectivity index (χ0) is 19.1. The Morgan fingerprint density at radius 1 is 1.12 bits per heavy atom. The van der Waals surface area contributed by atoms with Crippen molar-refractivity contribution in [2.45, 2.75) is 38.6 Å². The third-order valence-electron chi connectivity index (χ3n) is 5.33. The molecule has 26 heavy (non-hydrogen) atoms. The van der Waals surface area contributed by atoms with Gasteiger partial charge in [0.2, 0.25) is 11.8 Å². The molecule has 0 bridgehead atoms. The quantitative estimate of drug-likeness (QED) is 0.889. The molecule has 1 aromatic rings. The van der Waals surface area contributed by atoms with Gasteiger partial charge in [-0.1, -0.05) is 39.0 Å². The molecule has 1 N–H and O–H groups in total. The summed E-state index contributed by atoms with van der Waals surface area (Å²) in [6.07, 6.45) is 0.261. The van der Waals surface area contributed by atoms with Crippen LogP contribution in [0.2, 0.25) is 0 Å². The second kappa shape index (κ2) is 6.74. The van der Waals surface area contributed by atoms with Gasteiger partial charge in [-0.3, -0.25) is 14.4 Å². The summed E-state index contributed by atoms with van der Waals surface area (Å²) in [6.45, 7) is 7.80. The van der Waals surface area contributed by atoms with Crippen molar-refractivity contribution in [3.05, 3.63) is 35.4 Å². The minimum Gasteiger partial charge on any atom is -0.359 e. The van der Waals surface area contributed by atoms with Crippen molar-refractivity contribution < 1.29 is 14.4 Å². The van der Waals surface area contributed by atoms with Crippen LogP contribution in [0.3, 0.4) is 0 Å². The molecule has 3 amide bonds. The van der Waals surface area contributed by atoms with Crippen LogP contribution in [0, 0.1) is 5.92 Å². The van der Waals surface area contributed by atoms with E-state index < -0.39 is 0 Å². The molecule has 2 aliphatic heterocycles. The van der Waals surface area contributed by atoms with Gasteiger partial charge in [0.25, 0.3) is 5.91 Å². The fraction of sp³-hybridized carbons (Fsp3) is 0.550. The Labute approximate surface area is 154 Å². The van der Waals surface area contributed by atoms with Crippen molar-refractivity contribution >= 4 is 17.7 Å². The van der Waals surface area contributed by atoms with Crippen LogP contribution in [0.5, 0.6) is 0 Å². The minimum absolute atomic E-state index is 0.00536.